The largest absolute Gasteiger partial charge is 0.351 e. The summed E-state index contributed by atoms with van der Waals surface area (Å²) in [6, 6.07) is 3.47. The molecule has 1 amide bonds. The number of amides is 1. The molecule has 0 saturated carbocycles. The lowest BCUT2D eigenvalue weighted by Crippen LogP contribution is -2.39. The van der Waals surface area contributed by atoms with Crippen LogP contribution in [0.3, 0.4) is 0 Å². The standard InChI is InChI=1S/C12H16N4O.2ClH/c1-2-10(13)12(17)15-8-9-3-5-16-6-4-14-11(16)7-9;;/h3-7,10H,2,8,13H2,1H3,(H,15,17);2*1H/t10-;;/m0../s1. The number of aromatic nitrogens is 2. The van der Waals surface area contributed by atoms with Crippen LogP contribution in [0.5, 0.6) is 0 Å². The number of nitrogens with zero attached hydrogens (tertiary/aromatic N) is 2. The summed E-state index contributed by atoms with van der Waals surface area (Å²) in [4.78, 5) is 15.7. The molecule has 0 spiro atoms. The topological polar surface area (TPSA) is 72.4 Å². The zero-order valence-corrected chi connectivity index (χ0v) is 12.2. The normalized spacial score (nSPS) is 11.3. The van der Waals surface area contributed by atoms with Gasteiger partial charge in [-0.2, -0.15) is 0 Å². The van der Waals surface area contributed by atoms with Gasteiger partial charge in [0.1, 0.15) is 5.65 Å². The molecule has 106 valence electrons. The van der Waals surface area contributed by atoms with Crippen molar-refractivity contribution in [2.45, 2.75) is 25.9 Å². The van der Waals surface area contributed by atoms with E-state index in [2.05, 4.69) is 10.3 Å². The maximum atomic E-state index is 11.5. The number of fused-ring (bicyclic) bond motifs is 1. The summed E-state index contributed by atoms with van der Waals surface area (Å²) < 4.78 is 1.92. The van der Waals surface area contributed by atoms with E-state index in [0.29, 0.717) is 13.0 Å². The third kappa shape index (κ3) is 4.38. The van der Waals surface area contributed by atoms with Crippen molar-refractivity contribution in [2.75, 3.05) is 0 Å². The van der Waals surface area contributed by atoms with Gasteiger partial charge in [-0.1, -0.05) is 6.92 Å². The fourth-order valence-electron chi connectivity index (χ4n) is 1.57. The number of hydrogen-bond acceptors (Lipinski definition) is 3. The molecule has 2 heterocycles. The second kappa shape index (κ2) is 7.99. The molecule has 0 aliphatic rings. The lowest BCUT2D eigenvalue weighted by Gasteiger charge is -2.10. The van der Waals surface area contributed by atoms with Crippen LogP contribution in [0.25, 0.3) is 5.65 Å². The Labute approximate surface area is 124 Å². The van der Waals surface area contributed by atoms with Gasteiger partial charge in [0.2, 0.25) is 5.91 Å². The number of pyridine rings is 1. The van der Waals surface area contributed by atoms with Crippen LogP contribution in [0.2, 0.25) is 0 Å². The third-order valence-corrected chi connectivity index (χ3v) is 2.71. The molecule has 7 heteroatoms. The van der Waals surface area contributed by atoms with Crippen molar-refractivity contribution in [3.8, 4) is 0 Å². The summed E-state index contributed by atoms with van der Waals surface area (Å²) in [5.41, 5.74) is 7.51. The molecular weight excluding hydrogens is 287 g/mol. The predicted octanol–water partition coefficient (Wildman–Crippen LogP) is 1.53. The first-order valence-electron chi connectivity index (χ1n) is 5.65. The molecule has 0 saturated heterocycles. The van der Waals surface area contributed by atoms with Gasteiger partial charge in [0.15, 0.2) is 0 Å². The van der Waals surface area contributed by atoms with Gasteiger partial charge in [0.05, 0.1) is 6.04 Å². The number of carbonyl (C=O) groups is 1. The van der Waals surface area contributed by atoms with Crippen molar-refractivity contribution in [3.05, 3.63) is 36.3 Å². The van der Waals surface area contributed by atoms with E-state index >= 15 is 0 Å². The summed E-state index contributed by atoms with van der Waals surface area (Å²) in [6.07, 6.45) is 6.18. The van der Waals surface area contributed by atoms with Crippen molar-refractivity contribution in [1.82, 2.24) is 14.7 Å². The Morgan fingerprint density at radius 3 is 2.89 bits per heavy atom. The van der Waals surface area contributed by atoms with Crippen LogP contribution in [0.4, 0.5) is 0 Å². The molecule has 5 nitrogen and oxygen atoms in total. The van der Waals surface area contributed by atoms with Gasteiger partial charge in [-0.25, -0.2) is 4.98 Å². The summed E-state index contributed by atoms with van der Waals surface area (Å²) in [5, 5.41) is 2.81. The van der Waals surface area contributed by atoms with Crippen LogP contribution in [-0.4, -0.2) is 21.3 Å². The van der Waals surface area contributed by atoms with E-state index < -0.39 is 6.04 Å². The average molecular weight is 305 g/mol. The minimum Gasteiger partial charge on any atom is -0.351 e. The number of nitrogens with one attached hydrogen (secondary N) is 1. The van der Waals surface area contributed by atoms with E-state index in [1.54, 1.807) is 6.20 Å². The van der Waals surface area contributed by atoms with Crippen molar-refractivity contribution in [3.63, 3.8) is 0 Å². The van der Waals surface area contributed by atoms with E-state index in [9.17, 15) is 4.79 Å². The molecular formula is C12H18Cl2N4O. The Morgan fingerprint density at radius 1 is 1.47 bits per heavy atom. The van der Waals surface area contributed by atoms with Crippen LogP contribution in [0, 0.1) is 0 Å². The van der Waals surface area contributed by atoms with Gasteiger partial charge in [0.25, 0.3) is 0 Å². The maximum Gasteiger partial charge on any atom is 0.237 e. The van der Waals surface area contributed by atoms with E-state index in [1.807, 2.05) is 35.9 Å². The Bertz CT molecular complexity index is 529. The minimum atomic E-state index is -0.426. The summed E-state index contributed by atoms with van der Waals surface area (Å²) in [7, 11) is 0. The molecule has 2 rings (SSSR count). The SMILES string of the molecule is CC[C@H](N)C(=O)NCc1ccn2ccnc2c1.Cl.Cl. The van der Waals surface area contributed by atoms with Crippen molar-refractivity contribution in [1.29, 1.82) is 0 Å². The molecule has 2 aromatic rings. The van der Waals surface area contributed by atoms with E-state index in [4.69, 9.17) is 5.73 Å². The van der Waals surface area contributed by atoms with Gasteiger partial charge in [0, 0.05) is 25.1 Å². The predicted molar refractivity (Wildman–Crippen MR) is 79.8 cm³/mol. The summed E-state index contributed by atoms with van der Waals surface area (Å²) >= 11 is 0. The molecule has 0 aliphatic carbocycles. The van der Waals surface area contributed by atoms with Gasteiger partial charge in [-0.05, 0) is 24.1 Å². The first kappa shape index (κ1) is 17.7. The molecule has 19 heavy (non-hydrogen) atoms. The highest BCUT2D eigenvalue weighted by Gasteiger charge is 2.09. The Hall–Kier alpha value is -1.30. The molecule has 0 unspecified atom stereocenters. The average Bonchev–Trinajstić information content (AvgIpc) is 2.82. The van der Waals surface area contributed by atoms with Crippen molar-refractivity contribution < 1.29 is 4.79 Å². The van der Waals surface area contributed by atoms with Gasteiger partial charge in [-0.15, -0.1) is 24.8 Å². The quantitative estimate of drug-likeness (QED) is 0.900. The lowest BCUT2D eigenvalue weighted by atomic mass is 10.2. The Kier molecular flexibility index (Phi) is 7.44. The summed E-state index contributed by atoms with van der Waals surface area (Å²) in [5.74, 6) is -0.115. The number of imidazole rings is 1. The molecule has 2 aromatic heterocycles. The fourth-order valence-corrected chi connectivity index (χ4v) is 1.57. The molecule has 0 aromatic carbocycles. The zero-order chi connectivity index (χ0) is 12.3. The second-order valence-electron chi connectivity index (χ2n) is 3.96. The summed E-state index contributed by atoms with van der Waals surface area (Å²) in [6.45, 7) is 2.37. The number of halogens is 2. The molecule has 3 N–H and O–H groups in total. The van der Waals surface area contributed by atoms with Gasteiger partial charge in [-0.3, -0.25) is 4.79 Å². The third-order valence-electron chi connectivity index (χ3n) is 2.71. The zero-order valence-electron chi connectivity index (χ0n) is 10.6. The van der Waals surface area contributed by atoms with Crippen LogP contribution < -0.4 is 11.1 Å². The first-order valence-corrected chi connectivity index (χ1v) is 5.65. The molecule has 0 bridgehead atoms. The highest BCUT2D eigenvalue weighted by atomic mass is 35.5. The van der Waals surface area contributed by atoms with Crippen LogP contribution >= 0.6 is 24.8 Å². The Balaban J connectivity index is 0.00000162. The van der Waals surface area contributed by atoms with Crippen LogP contribution in [0.15, 0.2) is 30.7 Å². The fraction of sp³-hybridized carbons (Fsp3) is 0.333. The smallest absolute Gasteiger partial charge is 0.237 e. The Morgan fingerprint density at radius 2 is 2.21 bits per heavy atom. The molecule has 0 fully saturated rings. The van der Waals surface area contributed by atoms with Crippen LogP contribution in [-0.2, 0) is 11.3 Å². The second-order valence-corrected chi connectivity index (χ2v) is 3.96. The highest BCUT2D eigenvalue weighted by molar-refractivity contribution is 5.85. The van der Waals surface area contributed by atoms with Crippen molar-refractivity contribution >= 4 is 36.4 Å². The highest BCUT2D eigenvalue weighted by Crippen LogP contribution is 2.05. The number of nitrogens with two attached hydrogens (primary N) is 1. The first-order chi connectivity index (χ1) is 8.20. The number of rotatable bonds is 4. The van der Waals surface area contributed by atoms with E-state index in [-0.39, 0.29) is 30.7 Å². The molecule has 0 radical (unpaired) electrons. The molecule has 1 atom stereocenters. The van der Waals surface area contributed by atoms with E-state index in [1.165, 1.54) is 0 Å². The number of hydrogen-bond donors (Lipinski definition) is 2. The van der Waals surface area contributed by atoms with Gasteiger partial charge < -0.3 is 15.5 Å². The van der Waals surface area contributed by atoms with E-state index in [0.717, 1.165) is 11.2 Å². The maximum absolute atomic E-state index is 11.5. The minimum absolute atomic E-state index is 0. The van der Waals surface area contributed by atoms with Crippen molar-refractivity contribution in [2.24, 2.45) is 5.73 Å². The number of carbonyl (C=O) groups excluding carboxylic acids is 1. The molecule has 0 aliphatic heterocycles. The monoisotopic (exact) mass is 304 g/mol. The van der Waals surface area contributed by atoms with Crippen LogP contribution in [0.1, 0.15) is 18.9 Å². The van der Waals surface area contributed by atoms with Gasteiger partial charge >= 0.3 is 0 Å². The lowest BCUT2D eigenvalue weighted by molar-refractivity contribution is -0.122.